The van der Waals surface area contributed by atoms with Crippen molar-refractivity contribution in [1.29, 1.82) is 0 Å². The Hall–Kier alpha value is -0.420. The number of Topliss-reactive ketones (excluding diaryl/α,β-unsaturated/α-hetero) is 1. The zero-order valence-electron chi connectivity index (χ0n) is 9.28. The summed E-state index contributed by atoms with van der Waals surface area (Å²) in [6.45, 7) is 2.36. The molecule has 0 aliphatic carbocycles. The van der Waals surface area contributed by atoms with Crippen LogP contribution < -0.4 is 0 Å². The third-order valence-corrected chi connectivity index (χ3v) is 3.70. The second kappa shape index (κ2) is 4.61. The summed E-state index contributed by atoms with van der Waals surface area (Å²) >= 11 is 0. The highest BCUT2D eigenvalue weighted by Gasteiger charge is 2.35. The Balaban J connectivity index is 2.52. The van der Waals surface area contributed by atoms with Gasteiger partial charge in [-0.2, -0.15) is 0 Å². The second-order valence-electron chi connectivity index (χ2n) is 4.34. The molecule has 0 amide bonds. The van der Waals surface area contributed by atoms with Crippen molar-refractivity contribution in [3.63, 3.8) is 0 Å². The van der Waals surface area contributed by atoms with Crippen molar-refractivity contribution in [3.05, 3.63) is 0 Å². The van der Waals surface area contributed by atoms with Crippen LogP contribution in [-0.4, -0.2) is 38.4 Å². The number of rotatable bonds is 4. The Morgan fingerprint density at radius 3 is 2.53 bits per heavy atom. The van der Waals surface area contributed by atoms with Gasteiger partial charge >= 0.3 is 0 Å². The van der Waals surface area contributed by atoms with E-state index in [-0.39, 0.29) is 18.0 Å². The van der Waals surface area contributed by atoms with Crippen LogP contribution in [0.25, 0.3) is 0 Å². The Kier molecular flexibility index (Phi) is 3.89. The third-order valence-electron chi connectivity index (χ3n) is 2.76. The molecule has 0 aromatic rings. The van der Waals surface area contributed by atoms with Gasteiger partial charge < -0.3 is 4.74 Å². The highest BCUT2D eigenvalue weighted by atomic mass is 32.2. The first-order valence-electron chi connectivity index (χ1n) is 5.18. The summed E-state index contributed by atoms with van der Waals surface area (Å²) < 4.78 is 27.3. The molecule has 0 aromatic heterocycles. The van der Waals surface area contributed by atoms with Gasteiger partial charge in [0.1, 0.15) is 15.4 Å². The SMILES string of the molecule is CC1(C(=O)CCS(C)(=O)=O)CCCCO1. The predicted octanol–water partition coefficient (Wildman–Crippen LogP) is 0.949. The Bertz CT molecular complexity index is 325. The second-order valence-corrected chi connectivity index (χ2v) is 6.60. The molecule has 15 heavy (non-hydrogen) atoms. The normalized spacial score (nSPS) is 27.6. The van der Waals surface area contributed by atoms with Gasteiger partial charge in [0.2, 0.25) is 0 Å². The van der Waals surface area contributed by atoms with Crippen molar-refractivity contribution in [2.24, 2.45) is 0 Å². The minimum absolute atomic E-state index is 0.0648. The van der Waals surface area contributed by atoms with Crippen molar-refractivity contribution >= 4 is 15.6 Å². The van der Waals surface area contributed by atoms with E-state index < -0.39 is 15.4 Å². The van der Waals surface area contributed by atoms with E-state index in [1.165, 1.54) is 0 Å². The number of ketones is 1. The van der Waals surface area contributed by atoms with Crippen LogP contribution in [0.1, 0.15) is 32.6 Å². The molecule has 0 N–H and O–H groups in total. The lowest BCUT2D eigenvalue weighted by atomic mass is 9.90. The lowest BCUT2D eigenvalue weighted by Crippen LogP contribution is -2.41. The minimum atomic E-state index is -3.06. The van der Waals surface area contributed by atoms with Crippen molar-refractivity contribution < 1.29 is 17.9 Å². The summed E-state index contributed by atoms with van der Waals surface area (Å²) in [6.07, 6.45) is 3.87. The summed E-state index contributed by atoms with van der Waals surface area (Å²) in [5, 5.41) is 0. The molecule has 1 saturated heterocycles. The minimum Gasteiger partial charge on any atom is -0.368 e. The quantitative estimate of drug-likeness (QED) is 0.726. The van der Waals surface area contributed by atoms with Gasteiger partial charge in [0.05, 0.1) is 5.75 Å². The van der Waals surface area contributed by atoms with Crippen LogP contribution in [0.3, 0.4) is 0 Å². The Labute approximate surface area is 90.9 Å². The smallest absolute Gasteiger partial charge is 0.165 e. The molecule has 0 saturated carbocycles. The van der Waals surface area contributed by atoms with Gasteiger partial charge in [-0.05, 0) is 26.2 Å². The highest BCUT2D eigenvalue weighted by molar-refractivity contribution is 7.90. The molecule has 1 heterocycles. The first-order chi connectivity index (χ1) is 6.83. The van der Waals surface area contributed by atoms with Gasteiger partial charge in [-0.25, -0.2) is 8.42 Å². The number of carbonyl (C=O) groups is 1. The molecule has 0 aromatic carbocycles. The van der Waals surface area contributed by atoms with Gasteiger partial charge in [-0.3, -0.25) is 4.79 Å². The fourth-order valence-corrected chi connectivity index (χ4v) is 2.25. The molecular weight excluding hydrogens is 216 g/mol. The van der Waals surface area contributed by atoms with E-state index in [4.69, 9.17) is 4.74 Å². The molecule has 0 radical (unpaired) electrons. The van der Waals surface area contributed by atoms with Crippen LogP contribution in [0.4, 0.5) is 0 Å². The van der Waals surface area contributed by atoms with Gasteiger partial charge in [0.25, 0.3) is 0 Å². The van der Waals surface area contributed by atoms with Crippen LogP contribution in [0, 0.1) is 0 Å². The number of carbonyl (C=O) groups excluding carboxylic acids is 1. The monoisotopic (exact) mass is 234 g/mol. The molecule has 1 rings (SSSR count). The molecule has 1 unspecified atom stereocenters. The first kappa shape index (κ1) is 12.6. The molecule has 1 atom stereocenters. The maximum Gasteiger partial charge on any atom is 0.165 e. The number of hydrogen-bond acceptors (Lipinski definition) is 4. The number of hydrogen-bond donors (Lipinski definition) is 0. The number of sulfone groups is 1. The fraction of sp³-hybridized carbons (Fsp3) is 0.900. The lowest BCUT2D eigenvalue weighted by Gasteiger charge is -2.32. The molecule has 4 nitrogen and oxygen atoms in total. The summed E-state index contributed by atoms with van der Waals surface area (Å²) in [5.41, 5.74) is -0.747. The van der Waals surface area contributed by atoms with Gasteiger partial charge in [0.15, 0.2) is 5.78 Å². The molecule has 0 spiro atoms. The average molecular weight is 234 g/mol. The Morgan fingerprint density at radius 2 is 2.07 bits per heavy atom. The molecule has 5 heteroatoms. The first-order valence-corrected chi connectivity index (χ1v) is 7.24. The standard InChI is InChI=1S/C10H18O4S/c1-10(6-3-4-7-14-10)9(11)5-8-15(2,12)13/h3-8H2,1-2H3. The fourth-order valence-electron chi connectivity index (χ4n) is 1.70. The van der Waals surface area contributed by atoms with Crippen LogP contribution in [-0.2, 0) is 19.4 Å². The van der Waals surface area contributed by atoms with Crippen molar-refractivity contribution in [3.8, 4) is 0 Å². The largest absolute Gasteiger partial charge is 0.368 e. The Morgan fingerprint density at radius 1 is 1.40 bits per heavy atom. The van der Waals surface area contributed by atoms with Crippen LogP contribution in [0.5, 0.6) is 0 Å². The summed E-state index contributed by atoms with van der Waals surface area (Å²) in [4.78, 5) is 11.8. The summed E-state index contributed by atoms with van der Waals surface area (Å²) in [6, 6.07) is 0. The van der Waals surface area contributed by atoms with E-state index in [1.54, 1.807) is 6.92 Å². The molecular formula is C10H18O4S. The summed E-state index contributed by atoms with van der Waals surface area (Å²) in [5.74, 6) is -0.169. The van der Waals surface area contributed by atoms with E-state index >= 15 is 0 Å². The lowest BCUT2D eigenvalue weighted by molar-refractivity contribution is -0.147. The predicted molar refractivity (Wildman–Crippen MR) is 57.5 cm³/mol. The third kappa shape index (κ3) is 3.91. The van der Waals surface area contributed by atoms with Crippen molar-refractivity contribution in [2.75, 3.05) is 18.6 Å². The van der Waals surface area contributed by atoms with Crippen LogP contribution in [0.2, 0.25) is 0 Å². The van der Waals surface area contributed by atoms with E-state index in [2.05, 4.69) is 0 Å². The van der Waals surface area contributed by atoms with E-state index in [1.807, 2.05) is 0 Å². The zero-order valence-corrected chi connectivity index (χ0v) is 10.1. The number of ether oxygens (including phenoxy) is 1. The average Bonchev–Trinajstić information content (AvgIpc) is 2.14. The van der Waals surface area contributed by atoms with Crippen LogP contribution in [0.15, 0.2) is 0 Å². The van der Waals surface area contributed by atoms with Crippen molar-refractivity contribution in [2.45, 2.75) is 38.2 Å². The van der Waals surface area contributed by atoms with Crippen molar-refractivity contribution in [1.82, 2.24) is 0 Å². The molecule has 0 bridgehead atoms. The molecule has 1 aliphatic heterocycles. The van der Waals surface area contributed by atoms with Gasteiger partial charge in [-0.1, -0.05) is 0 Å². The van der Waals surface area contributed by atoms with Gasteiger partial charge in [0, 0.05) is 19.3 Å². The summed E-state index contributed by atoms with van der Waals surface area (Å²) in [7, 11) is -3.06. The maximum atomic E-state index is 11.8. The topological polar surface area (TPSA) is 60.4 Å². The van der Waals surface area contributed by atoms with E-state index in [0.717, 1.165) is 19.1 Å². The van der Waals surface area contributed by atoms with Gasteiger partial charge in [-0.15, -0.1) is 0 Å². The zero-order chi connectivity index (χ0) is 11.5. The van der Waals surface area contributed by atoms with E-state index in [0.29, 0.717) is 13.0 Å². The highest BCUT2D eigenvalue weighted by Crippen LogP contribution is 2.26. The molecule has 1 aliphatic rings. The molecule has 88 valence electrons. The maximum absolute atomic E-state index is 11.8. The van der Waals surface area contributed by atoms with E-state index in [9.17, 15) is 13.2 Å². The van der Waals surface area contributed by atoms with Crippen LogP contribution >= 0.6 is 0 Å². The molecule has 1 fully saturated rings.